The summed E-state index contributed by atoms with van der Waals surface area (Å²) in [4.78, 5) is 24.3. The van der Waals surface area contributed by atoms with Crippen LogP contribution < -0.4 is 5.32 Å². The minimum atomic E-state index is -0.807. The fourth-order valence-electron chi connectivity index (χ4n) is 2.13. The second-order valence-electron chi connectivity index (χ2n) is 5.53. The monoisotopic (exact) mass is 292 g/mol. The quantitative estimate of drug-likeness (QED) is 0.772. The summed E-state index contributed by atoms with van der Waals surface area (Å²) in [7, 11) is 1.82. The third-order valence-electron chi connectivity index (χ3n) is 3.20. The highest BCUT2D eigenvalue weighted by atomic mass is 16.4. The van der Waals surface area contributed by atoms with Crippen LogP contribution in [0.4, 0.5) is 5.69 Å². The van der Waals surface area contributed by atoms with Crippen molar-refractivity contribution in [2.45, 2.75) is 32.6 Å². The number of nitrogens with zero attached hydrogens (tertiary/aromatic N) is 1. The third kappa shape index (κ3) is 6.40. The summed E-state index contributed by atoms with van der Waals surface area (Å²) in [5.74, 6) is -0.547. The number of benzene rings is 1. The van der Waals surface area contributed by atoms with Crippen LogP contribution in [0.25, 0.3) is 0 Å². The number of anilines is 1. The van der Waals surface area contributed by atoms with E-state index < -0.39 is 5.97 Å². The normalized spacial score (nSPS) is 10.9. The molecule has 1 amide bonds. The molecule has 0 aliphatic heterocycles. The summed E-state index contributed by atoms with van der Waals surface area (Å²) in [6.45, 7) is 5.02. The van der Waals surface area contributed by atoms with Gasteiger partial charge in [-0.05, 0) is 37.6 Å². The topological polar surface area (TPSA) is 69.6 Å². The van der Waals surface area contributed by atoms with Crippen molar-refractivity contribution < 1.29 is 14.7 Å². The van der Waals surface area contributed by atoms with Gasteiger partial charge in [0.15, 0.2) is 0 Å². The molecule has 5 heteroatoms. The first-order valence-electron chi connectivity index (χ1n) is 7.19. The van der Waals surface area contributed by atoms with Crippen molar-refractivity contribution in [3.8, 4) is 0 Å². The van der Waals surface area contributed by atoms with E-state index >= 15 is 0 Å². The zero-order chi connectivity index (χ0) is 15.8. The van der Waals surface area contributed by atoms with Gasteiger partial charge in [-0.15, -0.1) is 0 Å². The van der Waals surface area contributed by atoms with Crippen molar-refractivity contribution in [3.05, 3.63) is 29.8 Å². The van der Waals surface area contributed by atoms with E-state index in [4.69, 9.17) is 5.11 Å². The van der Waals surface area contributed by atoms with Crippen LogP contribution in [0.5, 0.6) is 0 Å². The molecule has 0 saturated carbocycles. The maximum atomic E-state index is 12.0. The van der Waals surface area contributed by atoms with E-state index in [1.165, 1.54) is 0 Å². The molecule has 0 aromatic heterocycles. The molecule has 21 heavy (non-hydrogen) atoms. The second-order valence-corrected chi connectivity index (χ2v) is 5.53. The molecular weight excluding hydrogens is 268 g/mol. The van der Waals surface area contributed by atoms with Gasteiger partial charge in [-0.3, -0.25) is 14.5 Å². The maximum absolute atomic E-state index is 12.0. The fraction of sp³-hybridized carbons (Fsp3) is 0.500. The lowest BCUT2D eigenvalue weighted by molar-refractivity contribution is -0.137. The van der Waals surface area contributed by atoms with Gasteiger partial charge in [-0.1, -0.05) is 32.0 Å². The molecular formula is C16H24N2O3. The van der Waals surface area contributed by atoms with E-state index in [1.54, 1.807) is 0 Å². The third-order valence-corrected chi connectivity index (χ3v) is 3.20. The van der Waals surface area contributed by atoms with E-state index in [0.717, 1.165) is 11.3 Å². The van der Waals surface area contributed by atoms with Gasteiger partial charge < -0.3 is 10.4 Å². The van der Waals surface area contributed by atoms with E-state index in [2.05, 4.69) is 19.2 Å². The molecule has 1 aromatic carbocycles. The number of para-hydroxylation sites is 1. The Balaban J connectivity index is 2.48. The maximum Gasteiger partial charge on any atom is 0.303 e. The van der Waals surface area contributed by atoms with Crippen molar-refractivity contribution in [3.63, 3.8) is 0 Å². The molecule has 0 bridgehead atoms. The molecule has 0 aliphatic carbocycles. The van der Waals surface area contributed by atoms with Crippen LogP contribution in [0.1, 0.15) is 38.2 Å². The Morgan fingerprint density at radius 3 is 2.57 bits per heavy atom. The first kappa shape index (κ1) is 17.2. The molecule has 0 aliphatic rings. The zero-order valence-corrected chi connectivity index (χ0v) is 12.9. The Labute approximate surface area is 126 Å². The largest absolute Gasteiger partial charge is 0.481 e. The molecule has 0 unspecified atom stereocenters. The lowest BCUT2D eigenvalue weighted by Gasteiger charge is -2.17. The number of aliphatic carboxylic acids is 1. The van der Waals surface area contributed by atoms with Crippen LogP contribution in [0, 0.1) is 0 Å². The highest BCUT2D eigenvalue weighted by molar-refractivity contribution is 5.93. The molecule has 0 atom stereocenters. The molecule has 2 N–H and O–H groups in total. The van der Waals surface area contributed by atoms with Crippen molar-refractivity contribution in [1.82, 2.24) is 4.90 Å². The van der Waals surface area contributed by atoms with E-state index in [-0.39, 0.29) is 18.9 Å². The Kier molecular flexibility index (Phi) is 6.88. The van der Waals surface area contributed by atoms with Gasteiger partial charge in [-0.25, -0.2) is 0 Å². The summed E-state index contributed by atoms with van der Waals surface area (Å²) in [6, 6.07) is 7.77. The van der Waals surface area contributed by atoms with Gasteiger partial charge in [0.2, 0.25) is 5.91 Å². The molecule has 116 valence electrons. The summed E-state index contributed by atoms with van der Waals surface area (Å²) >= 11 is 0. The molecule has 5 nitrogen and oxygen atoms in total. The van der Waals surface area contributed by atoms with Gasteiger partial charge in [0.1, 0.15) is 0 Å². The minimum absolute atomic E-state index is 0.0825. The number of rotatable bonds is 8. The van der Waals surface area contributed by atoms with Gasteiger partial charge in [0.05, 0.1) is 6.54 Å². The Hall–Kier alpha value is -1.88. The number of carboxylic acid groups (broad SMARTS) is 1. The minimum Gasteiger partial charge on any atom is -0.481 e. The summed E-state index contributed by atoms with van der Waals surface area (Å²) in [5.41, 5.74) is 1.95. The van der Waals surface area contributed by atoms with Gasteiger partial charge >= 0.3 is 5.97 Å². The summed E-state index contributed by atoms with van der Waals surface area (Å²) < 4.78 is 0. The van der Waals surface area contributed by atoms with Crippen LogP contribution in [0.15, 0.2) is 24.3 Å². The SMILES string of the molecule is CC(C)c1ccccc1NC(=O)CN(C)CCCC(=O)O. The van der Waals surface area contributed by atoms with Crippen molar-refractivity contribution in [1.29, 1.82) is 0 Å². The number of nitrogens with one attached hydrogen (secondary N) is 1. The number of hydrogen-bond acceptors (Lipinski definition) is 3. The average molecular weight is 292 g/mol. The summed E-state index contributed by atoms with van der Waals surface area (Å²) in [5, 5.41) is 11.5. The fourth-order valence-corrected chi connectivity index (χ4v) is 2.13. The van der Waals surface area contributed by atoms with E-state index in [9.17, 15) is 9.59 Å². The van der Waals surface area contributed by atoms with Crippen molar-refractivity contribution in [2.75, 3.05) is 25.5 Å². The Bertz CT molecular complexity index is 486. The number of carbonyl (C=O) groups is 2. The molecule has 0 heterocycles. The van der Waals surface area contributed by atoms with Gasteiger partial charge in [0, 0.05) is 12.1 Å². The standard InChI is InChI=1S/C16H24N2O3/c1-12(2)13-7-4-5-8-14(13)17-15(19)11-18(3)10-6-9-16(20)21/h4-5,7-8,12H,6,9-11H2,1-3H3,(H,17,19)(H,20,21). The lowest BCUT2D eigenvalue weighted by atomic mass is 10.0. The molecule has 0 radical (unpaired) electrons. The molecule has 1 rings (SSSR count). The zero-order valence-electron chi connectivity index (χ0n) is 12.9. The van der Waals surface area contributed by atoms with Crippen LogP contribution >= 0.6 is 0 Å². The van der Waals surface area contributed by atoms with Gasteiger partial charge in [-0.2, -0.15) is 0 Å². The second kappa shape index (κ2) is 8.42. The van der Waals surface area contributed by atoms with Crippen molar-refractivity contribution in [2.24, 2.45) is 0 Å². The average Bonchev–Trinajstić information content (AvgIpc) is 2.38. The number of amides is 1. The Morgan fingerprint density at radius 1 is 1.29 bits per heavy atom. The Morgan fingerprint density at radius 2 is 1.95 bits per heavy atom. The highest BCUT2D eigenvalue weighted by Gasteiger charge is 2.11. The van der Waals surface area contributed by atoms with Gasteiger partial charge in [0.25, 0.3) is 0 Å². The molecule has 0 saturated heterocycles. The number of carboxylic acids is 1. The lowest BCUT2D eigenvalue weighted by Crippen LogP contribution is -2.31. The molecule has 1 aromatic rings. The number of carbonyl (C=O) groups excluding carboxylic acids is 1. The number of likely N-dealkylation sites (N-methyl/N-ethyl adjacent to an activating group) is 1. The van der Waals surface area contributed by atoms with E-state index in [0.29, 0.717) is 18.9 Å². The number of hydrogen-bond donors (Lipinski definition) is 2. The van der Waals surface area contributed by atoms with Crippen LogP contribution in [0.2, 0.25) is 0 Å². The molecule has 0 spiro atoms. The van der Waals surface area contributed by atoms with Crippen molar-refractivity contribution >= 4 is 17.6 Å². The van der Waals surface area contributed by atoms with Crippen LogP contribution in [-0.4, -0.2) is 42.0 Å². The first-order valence-corrected chi connectivity index (χ1v) is 7.19. The van der Waals surface area contributed by atoms with Crippen LogP contribution in [0.3, 0.4) is 0 Å². The predicted octanol–water partition coefficient (Wildman–Crippen LogP) is 2.55. The first-order chi connectivity index (χ1) is 9.90. The highest BCUT2D eigenvalue weighted by Crippen LogP contribution is 2.23. The predicted molar refractivity (Wildman–Crippen MR) is 83.5 cm³/mol. The summed E-state index contributed by atoms with van der Waals surface area (Å²) in [6.07, 6.45) is 0.670. The smallest absolute Gasteiger partial charge is 0.303 e. The van der Waals surface area contributed by atoms with E-state index in [1.807, 2.05) is 36.2 Å². The molecule has 0 fully saturated rings. The van der Waals surface area contributed by atoms with Crippen LogP contribution in [-0.2, 0) is 9.59 Å².